The van der Waals surface area contributed by atoms with Crippen LogP contribution in [0, 0.1) is 21.4 Å². The summed E-state index contributed by atoms with van der Waals surface area (Å²) in [6.07, 6.45) is -5.44. The number of nitro groups is 1. The number of hydrogen-bond donors (Lipinski definition) is 0. The van der Waals surface area contributed by atoms with Crippen LogP contribution in [0.2, 0.25) is 0 Å². The topological polar surface area (TPSA) is 98.3 Å². The summed E-state index contributed by atoms with van der Waals surface area (Å²) in [5.74, 6) is -2.54. The Bertz CT molecular complexity index is 539. The summed E-state index contributed by atoms with van der Waals surface area (Å²) in [7, 11) is 1.12. The zero-order chi connectivity index (χ0) is 14.6. The van der Waals surface area contributed by atoms with E-state index in [1.165, 1.54) is 0 Å². The molecule has 0 fully saturated rings. The molecular formula is C9H6F3N3O4. The zero-order valence-electron chi connectivity index (χ0n) is 9.39. The van der Waals surface area contributed by atoms with Crippen molar-refractivity contribution in [2.24, 2.45) is 0 Å². The Kier molecular flexibility index (Phi) is 4.11. The van der Waals surface area contributed by atoms with Crippen molar-refractivity contribution in [1.82, 2.24) is 4.98 Å². The Morgan fingerprint density at radius 3 is 2.63 bits per heavy atom. The Morgan fingerprint density at radius 2 is 2.21 bits per heavy atom. The Balaban J connectivity index is 3.37. The van der Waals surface area contributed by atoms with Crippen LogP contribution < -0.4 is 9.47 Å². The van der Waals surface area contributed by atoms with Crippen LogP contribution in [-0.4, -0.2) is 23.4 Å². The Labute approximate surface area is 104 Å². The maximum atomic E-state index is 12.1. The molecular weight excluding hydrogens is 271 g/mol. The third kappa shape index (κ3) is 3.70. The van der Waals surface area contributed by atoms with E-state index >= 15 is 0 Å². The number of alkyl halides is 3. The predicted octanol–water partition coefficient (Wildman–Crippen LogP) is 1.96. The van der Waals surface area contributed by atoms with E-state index < -0.39 is 22.9 Å². The van der Waals surface area contributed by atoms with Gasteiger partial charge in [-0.3, -0.25) is 0 Å². The minimum atomic E-state index is -5.11. The van der Waals surface area contributed by atoms with E-state index in [-0.39, 0.29) is 17.9 Å². The van der Waals surface area contributed by atoms with Crippen LogP contribution in [0.4, 0.5) is 19.0 Å². The quantitative estimate of drug-likeness (QED) is 0.616. The van der Waals surface area contributed by atoms with Crippen LogP contribution in [0.25, 0.3) is 0 Å². The van der Waals surface area contributed by atoms with Crippen LogP contribution in [0.3, 0.4) is 0 Å². The molecule has 0 aliphatic rings. The molecule has 10 heteroatoms. The van der Waals surface area contributed by atoms with Gasteiger partial charge in [0.1, 0.15) is 0 Å². The van der Waals surface area contributed by atoms with Gasteiger partial charge in [0.2, 0.25) is 5.75 Å². The van der Waals surface area contributed by atoms with Gasteiger partial charge < -0.3 is 19.6 Å². The fourth-order valence-electron chi connectivity index (χ4n) is 1.23. The molecule has 0 bridgehead atoms. The van der Waals surface area contributed by atoms with E-state index in [0.29, 0.717) is 6.07 Å². The van der Waals surface area contributed by atoms with E-state index in [4.69, 9.17) is 5.26 Å². The number of methoxy groups -OCH3 is 1. The van der Waals surface area contributed by atoms with Gasteiger partial charge in [-0.2, -0.15) is 5.26 Å². The first-order chi connectivity index (χ1) is 8.78. The highest BCUT2D eigenvalue weighted by atomic mass is 19.4. The summed E-state index contributed by atoms with van der Waals surface area (Å²) in [5, 5.41) is 19.1. The SMILES string of the molecule is COc1nc([N+](=O)[O-])c(OC(F)(F)F)cc1CC#N. The minimum absolute atomic E-state index is 0.0464. The molecule has 1 rings (SSSR count). The van der Waals surface area contributed by atoms with Crippen LogP contribution in [0.1, 0.15) is 5.56 Å². The second kappa shape index (κ2) is 5.38. The fraction of sp³-hybridized carbons (Fsp3) is 0.333. The molecule has 0 aliphatic heterocycles. The largest absolute Gasteiger partial charge is 0.573 e. The van der Waals surface area contributed by atoms with Gasteiger partial charge in [0.15, 0.2) is 0 Å². The normalized spacial score (nSPS) is 10.7. The third-order valence-electron chi connectivity index (χ3n) is 1.87. The molecule has 0 radical (unpaired) electrons. The zero-order valence-corrected chi connectivity index (χ0v) is 9.39. The molecule has 0 spiro atoms. The van der Waals surface area contributed by atoms with Crippen molar-refractivity contribution in [1.29, 1.82) is 5.26 Å². The summed E-state index contributed by atoms with van der Waals surface area (Å²) >= 11 is 0. The van der Waals surface area contributed by atoms with Crippen molar-refractivity contribution in [3.63, 3.8) is 0 Å². The lowest BCUT2D eigenvalue weighted by Gasteiger charge is -2.10. The molecule has 102 valence electrons. The first-order valence-electron chi connectivity index (χ1n) is 4.63. The summed E-state index contributed by atoms with van der Waals surface area (Å²) in [6, 6.07) is 2.38. The van der Waals surface area contributed by atoms with Gasteiger partial charge in [0.25, 0.3) is 0 Å². The fourth-order valence-corrected chi connectivity index (χ4v) is 1.23. The van der Waals surface area contributed by atoms with Crippen LogP contribution >= 0.6 is 0 Å². The molecule has 0 aliphatic carbocycles. The van der Waals surface area contributed by atoms with Crippen molar-refractivity contribution in [2.45, 2.75) is 12.8 Å². The molecule has 0 unspecified atom stereocenters. The standard InChI is InChI=1S/C9H6F3N3O4/c1-18-8-5(2-3-13)4-6(19-9(10,11)12)7(14-8)15(16)17/h4H,2H2,1H3. The molecule has 0 amide bonds. The molecule has 1 aromatic heterocycles. The highest BCUT2D eigenvalue weighted by Gasteiger charge is 2.36. The molecule has 0 saturated carbocycles. The Morgan fingerprint density at radius 1 is 1.58 bits per heavy atom. The lowest BCUT2D eigenvalue weighted by molar-refractivity contribution is -0.393. The lowest BCUT2D eigenvalue weighted by atomic mass is 10.2. The van der Waals surface area contributed by atoms with Crippen molar-refractivity contribution in [2.75, 3.05) is 7.11 Å². The van der Waals surface area contributed by atoms with Gasteiger partial charge in [0, 0.05) is 11.1 Å². The highest BCUT2D eigenvalue weighted by molar-refractivity contribution is 5.47. The van der Waals surface area contributed by atoms with E-state index in [1.807, 2.05) is 0 Å². The monoisotopic (exact) mass is 277 g/mol. The molecule has 0 aromatic carbocycles. The minimum Gasteiger partial charge on any atom is -0.463 e. The van der Waals surface area contributed by atoms with Crippen LogP contribution in [0.15, 0.2) is 6.07 Å². The second-order valence-electron chi connectivity index (χ2n) is 3.12. The van der Waals surface area contributed by atoms with Gasteiger partial charge in [-0.25, -0.2) is 0 Å². The number of nitriles is 1. The number of aromatic nitrogens is 1. The maximum Gasteiger partial charge on any atom is 0.573 e. The van der Waals surface area contributed by atoms with Gasteiger partial charge in [-0.05, 0) is 4.92 Å². The lowest BCUT2D eigenvalue weighted by Crippen LogP contribution is -2.18. The van der Waals surface area contributed by atoms with Crippen molar-refractivity contribution < 1.29 is 27.6 Å². The van der Waals surface area contributed by atoms with E-state index in [2.05, 4.69) is 14.5 Å². The first kappa shape index (κ1) is 14.5. The summed E-state index contributed by atoms with van der Waals surface area (Å²) < 4.78 is 44.5. The first-order valence-corrected chi connectivity index (χ1v) is 4.63. The van der Waals surface area contributed by atoms with Gasteiger partial charge >= 0.3 is 18.1 Å². The number of ether oxygens (including phenoxy) is 2. The highest BCUT2D eigenvalue weighted by Crippen LogP contribution is 2.34. The predicted molar refractivity (Wildman–Crippen MR) is 53.4 cm³/mol. The Hall–Kier alpha value is -2.57. The summed E-state index contributed by atoms with van der Waals surface area (Å²) in [4.78, 5) is 12.8. The molecule has 1 aromatic rings. The molecule has 0 atom stereocenters. The van der Waals surface area contributed by atoms with Crippen LogP contribution in [-0.2, 0) is 6.42 Å². The average Bonchev–Trinajstić information content (AvgIpc) is 2.27. The van der Waals surface area contributed by atoms with E-state index in [1.54, 1.807) is 6.07 Å². The molecule has 0 saturated heterocycles. The number of hydrogen-bond acceptors (Lipinski definition) is 6. The molecule has 19 heavy (non-hydrogen) atoms. The van der Waals surface area contributed by atoms with Gasteiger partial charge in [0.05, 0.1) is 25.2 Å². The molecule has 7 nitrogen and oxygen atoms in total. The second-order valence-corrected chi connectivity index (χ2v) is 3.12. The van der Waals surface area contributed by atoms with Crippen molar-refractivity contribution >= 4 is 5.82 Å². The number of rotatable bonds is 4. The van der Waals surface area contributed by atoms with E-state index in [9.17, 15) is 23.3 Å². The number of halogens is 3. The number of nitrogens with zero attached hydrogens (tertiary/aromatic N) is 3. The smallest absolute Gasteiger partial charge is 0.463 e. The molecule has 0 N–H and O–H groups in total. The maximum absolute atomic E-state index is 12.1. The van der Waals surface area contributed by atoms with Crippen LogP contribution in [0.5, 0.6) is 11.6 Å². The van der Waals surface area contributed by atoms with E-state index in [0.717, 1.165) is 7.11 Å². The average molecular weight is 277 g/mol. The summed E-state index contributed by atoms with van der Waals surface area (Å²) in [6.45, 7) is 0. The van der Waals surface area contributed by atoms with Gasteiger partial charge in [-0.1, -0.05) is 0 Å². The molecule has 1 heterocycles. The third-order valence-corrected chi connectivity index (χ3v) is 1.87. The van der Waals surface area contributed by atoms with Gasteiger partial charge in [-0.15, -0.1) is 13.2 Å². The van der Waals surface area contributed by atoms with Crippen molar-refractivity contribution in [3.8, 4) is 17.7 Å². The van der Waals surface area contributed by atoms with Crippen molar-refractivity contribution in [3.05, 3.63) is 21.7 Å². The summed E-state index contributed by atoms with van der Waals surface area (Å²) in [5.41, 5.74) is -0.0464. The number of pyridine rings is 1.